The van der Waals surface area contributed by atoms with Crippen LogP contribution in [0.3, 0.4) is 0 Å². The van der Waals surface area contributed by atoms with Crippen molar-refractivity contribution < 1.29 is 28.7 Å². The molecule has 98 valence electrons. The number of aliphatic carboxylic acids is 1. The average molecular weight is 258 g/mol. The number of hydroxylamine groups is 1. The Hall–Kier alpha value is -2.35. The van der Waals surface area contributed by atoms with Gasteiger partial charge in [-0.3, -0.25) is 4.84 Å². The lowest BCUT2D eigenvalue weighted by Crippen LogP contribution is -2.30. The van der Waals surface area contributed by atoms with E-state index in [0.717, 1.165) is 12.1 Å². The molecule has 1 rings (SSSR count). The van der Waals surface area contributed by atoms with Crippen LogP contribution in [0.1, 0.15) is 0 Å². The molecule has 0 aliphatic carbocycles. The Balaban J connectivity index is 2.56. The van der Waals surface area contributed by atoms with Gasteiger partial charge in [-0.2, -0.15) is 0 Å². The molecule has 7 nitrogen and oxygen atoms in total. The first-order valence-corrected chi connectivity index (χ1v) is 4.77. The lowest BCUT2D eigenvalue weighted by Gasteiger charge is -2.10. The lowest BCUT2D eigenvalue weighted by molar-refractivity contribution is -0.143. The number of anilines is 1. The summed E-state index contributed by atoms with van der Waals surface area (Å²) in [6.07, 6.45) is 0. The highest BCUT2D eigenvalue weighted by Crippen LogP contribution is 2.24. The lowest BCUT2D eigenvalue weighted by atomic mass is 10.3. The standard InChI is InChI=1S/C10H11FN2O5/c1-17-8-4-6(11)2-3-7(8)12-10(16)13-18-5-9(14)15/h2-4H,5H2,1H3,(H,14,15)(H2,12,13,16). The minimum Gasteiger partial charge on any atom is -0.494 e. The largest absolute Gasteiger partial charge is 0.494 e. The van der Waals surface area contributed by atoms with Crippen LogP contribution in [0.15, 0.2) is 18.2 Å². The quantitative estimate of drug-likeness (QED) is 0.684. The number of methoxy groups -OCH3 is 1. The van der Waals surface area contributed by atoms with Crippen LogP contribution in [0.4, 0.5) is 14.9 Å². The Kier molecular flexibility index (Phi) is 4.88. The summed E-state index contributed by atoms with van der Waals surface area (Å²) in [5, 5.41) is 10.6. The number of rotatable bonds is 5. The number of amides is 2. The van der Waals surface area contributed by atoms with E-state index in [1.807, 2.05) is 5.48 Å². The highest BCUT2D eigenvalue weighted by Gasteiger charge is 2.08. The van der Waals surface area contributed by atoms with Gasteiger partial charge in [0.05, 0.1) is 12.8 Å². The molecule has 0 aliphatic rings. The van der Waals surface area contributed by atoms with E-state index < -0.39 is 24.4 Å². The number of ether oxygens (including phenoxy) is 1. The highest BCUT2D eigenvalue weighted by atomic mass is 19.1. The van der Waals surface area contributed by atoms with Crippen molar-refractivity contribution in [3.8, 4) is 5.75 Å². The minimum atomic E-state index is -1.23. The fraction of sp³-hybridized carbons (Fsp3) is 0.200. The van der Waals surface area contributed by atoms with Crippen LogP contribution in [0.5, 0.6) is 5.75 Å². The van der Waals surface area contributed by atoms with Crippen molar-refractivity contribution >= 4 is 17.7 Å². The number of carboxylic acids is 1. The van der Waals surface area contributed by atoms with Gasteiger partial charge in [-0.05, 0) is 12.1 Å². The Morgan fingerprint density at radius 1 is 1.44 bits per heavy atom. The zero-order valence-corrected chi connectivity index (χ0v) is 9.40. The third-order valence-electron chi connectivity index (χ3n) is 1.77. The topological polar surface area (TPSA) is 96.9 Å². The number of hydrogen-bond acceptors (Lipinski definition) is 4. The molecule has 18 heavy (non-hydrogen) atoms. The molecular weight excluding hydrogens is 247 g/mol. The van der Waals surface area contributed by atoms with Crippen LogP contribution in [0, 0.1) is 5.82 Å². The number of carbonyl (C=O) groups is 2. The predicted molar refractivity (Wildman–Crippen MR) is 58.7 cm³/mol. The number of nitrogens with one attached hydrogen (secondary N) is 2. The van der Waals surface area contributed by atoms with E-state index in [4.69, 9.17) is 9.84 Å². The minimum absolute atomic E-state index is 0.128. The van der Waals surface area contributed by atoms with E-state index in [1.54, 1.807) is 0 Å². The van der Waals surface area contributed by atoms with E-state index in [0.29, 0.717) is 0 Å². The van der Waals surface area contributed by atoms with Crippen LogP contribution >= 0.6 is 0 Å². The van der Waals surface area contributed by atoms with Crippen molar-refractivity contribution in [1.29, 1.82) is 0 Å². The van der Waals surface area contributed by atoms with E-state index in [1.165, 1.54) is 13.2 Å². The molecule has 0 unspecified atom stereocenters. The second-order valence-electron chi connectivity index (χ2n) is 3.08. The van der Waals surface area contributed by atoms with E-state index in [9.17, 15) is 14.0 Å². The summed E-state index contributed by atoms with van der Waals surface area (Å²) in [6.45, 7) is -0.673. The Morgan fingerprint density at radius 3 is 2.78 bits per heavy atom. The first-order chi connectivity index (χ1) is 8.52. The smallest absolute Gasteiger partial charge is 0.343 e. The Bertz CT molecular complexity index is 452. The SMILES string of the molecule is COc1cc(F)ccc1NC(=O)NOCC(=O)O. The molecule has 1 aromatic rings. The van der Waals surface area contributed by atoms with E-state index >= 15 is 0 Å². The van der Waals surface area contributed by atoms with Gasteiger partial charge in [-0.1, -0.05) is 0 Å². The van der Waals surface area contributed by atoms with Crippen LogP contribution < -0.4 is 15.5 Å². The maximum Gasteiger partial charge on any atom is 0.343 e. The van der Waals surface area contributed by atoms with E-state index in [2.05, 4.69) is 10.2 Å². The molecule has 0 saturated carbocycles. The van der Waals surface area contributed by atoms with Crippen molar-refractivity contribution in [3.63, 3.8) is 0 Å². The summed E-state index contributed by atoms with van der Waals surface area (Å²) in [5.74, 6) is -1.61. The fourth-order valence-corrected chi connectivity index (χ4v) is 1.08. The van der Waals surface area contributed by atoms with Crippen LogP contribution in [0.25, 0.3) is 0 Å². The molecule has 0 fully saturated rings. The average Bonchev–Trinajstić information content (AvgIpc) is 2.31. The van der Waals surface area contributed by atoms with Gasteiger partial charge in [0.1, 0.15) is 11.6 Å². The fourth-order valence-electron chi connectivity index (χ4n) is 1.08. The molecule has 2 amide bonds. The molecule has 0 aromatic heterocycles. The van der Waals surface area contributed by atoms with E-state index in [-0.39, 0.29) is 11.4 Å². The Morgan fingerprint density at radius 2 is 2.17 bits per heavy atom. The first-order valence-electron chi connectivity index (χ1n) is 4.77. The van der Waals surface area contributed by atoms with Gasteiger partial charge >= 0.3 is 12.0 Å². The van der Waals surface area contributed by atoms with Gasteiger partial charge in [-0.25, -0.2) is 19.5 Å². The van der Waals surface area contributed by atoms with Crippen LogP contribution in [0.2, 0.25) is 0 Å². The Labute approximate surface area is 101 Å². The van der Waals surface area contributed by atoms with Gasteiger partial charge in [-0.15, -0.1) is 0 Å². The highest BCUT2D eigenvalue weighted by molar-refractivity contribution is 5.90. The normalized spacial score (nSPS) is 9.67. The van der Waals surface area contributed by atoms with Crippen molar-refractivity contribution in [2.24, 2.45) is 0 Å². The first kappa shape index (κ1) is 13.7. The molecule has 0 aliphatic heterocycles. The summed E-state index contributed by atoms with van der Waals surface area (Å²) in [7, 11) is 1.32. The molecule has 8 heteroatoms. The molecule has 0 heterocycles. The van der Waals surface area contributed by atoms with Crippen molar-refractivity contribution in [1.82, 2.24) is 5.48 Å². The molecule has 1 aromatic carbocycles. The number of benzene rings is 1. The molecule has 0 spiro atoms. The van der Waals surface area contributed by atoms with Gasteiger partial charge in [0.15, 0.2) is 6.61 Å². The summed E-state index contributed by atoms with van der Waals surface area (Å²) < 4.78 is 17.7. The molecular formula is C10H11FN2O5. The summed E-state index contributed by atoms with van der Waals surface area (Å²) >= 11 is 0. The molecule has 0 atom stereocenters. The van der Waals surface area contributed by atoms with Gasteiger partial charge in [0.2, 0.25) is 0 Å². The monoisotopic (exact) mass is 258 g/mol. The number of carbonyl (C=O) groups excluding carboxylic acids is 1. The zero-order valence-electron chi connectivity index (χ0n) is 9.40. The van der Waals surface area contributed by atoms with Gasteiger partial charge in [0.25, 0.3) is 0 Å². The molecule has 0 radical (unpaired) electrons. The third-order valence-corrected chi connectivity index (χ3v) is 1.77. The second-order valence-corrected chi connectivity index (χ2v) is 3.08. The van der Waals surface area contributed by atoms with Crippen LogP contribution in [-0.4, -0.2) is 30.8 Å². The number of urea groups is 1. The summed E-state index contributed by atoms with van der Waals surface area (Å²) in [4.78, 5) is 25.7. The predicted octanol–water partition coefficient (Wildman–Crippen LogP) is 0.972. The summed E-state index contributed by atoms with van der Waals surface area (Å²) in [6, 6.07) is 2.72. The van der Waals surface area contributed by atoms with Gasteiger partial charge < -0.3 is 15.2 Å². The number of carboxylic acid groups (broad SMARTS) is 1. The van der Waals surface area contributed by atoms with Crippen molar-refractivity contribution in [2.75, 3.05) is 19.0 Å². The third kappa shape index (κ3) is 4.26. The number of halogens is 1. The van der Waals surface area contributed by atoms with Crippen LogP contribution in [-0.2, 0) is 9.63 Å². The maximum absolute atomic E-state index is 12.9. The number of hydrogen-bond donors (Lipinski definition) is 3. The second kappa shape index (κ2) is 6.40. The maximum atomic E-state index is 12.9. The molecule has 0 bridgehead atoms. The van der Waals surface area contributed by atoms with Gasteiger partial charge in [0, 0.05) is 6.07 Å². The molecule has 0 saturated heterocycles. The zero-order chi connectivity index (χ0) is 13.5. The molecule has 3 N–H and O–H groups in total. The van der Waals surface area contributed by atoms with Crippen molar-refractivity contribution in [3.05, 3.63) is 24.0 Å². The van der Waals surface area contributed by atoms with Crippen molar-refractivity contribution in [2.45, 2.75) is 0 Å². The summed E-state index contributed by atoms with van der Waals surface area (Å²) in [5.41, 5.74) is 2.07.